The molecular weight excluding hydrogens is 346 g/mol. The average Bonchev–Trinajstić information content (AvgIpc) is 2.39. The van der Waals surface area contributed by atoms with Gasteiger partial charge in [0.1, 0.15) is 22.9 Å². The first-order chi connectivity index (χ1) is 9.92. The molecule has 21 heavy (non-hydrogen) atoms. The standard InChI is InChI=1S/C14H11BrF2N2O2/c1-21-12-6-8(2-3-11(12)18)19-14(20)13-9(16)4-7(15)5-10(13)17/h2-6H,18H2,1H3,(H,19,20). The van der Waals surface area contributed by atoms with E-state index in [-0.39, 0.29) is 4.47 Å². The lowest BCUT2D eigenvalue weighted by Crippen LogP contribution is -2.16. The molecule has 2 aromatic carbocycles. The Morgan fingerprint density at radius 1 is 1.24 bits per heavy atom. The van der Waals surface area contributed by atoms with Crippen LogP contribution in [0.5, 0.6) is 5.75 Å². The fraction of sp³-hybridized carbons (Fsp3) is 0.0714. The van der Waals surface area contributed by atoms with Gasteiger partial charge in [-0.3, -0.25) is 4.79 Å². The van der Waals surface area contributed by atoms with Gasteiger partial charge in [0, 0.05) is 16.2 Å². The van der Waals surface area contributed by atoms with Gasteiger partial charge in [-0.1, -0.05) is 15.9 Å². The maximum Gasteiger partial charge on any atom is 0.261 e. The van der Waals surface area contributed by atoms with E-state index in [2.05, 4.69) is 21.2 Å². The van der Waals surface area contributed by atoms with Gasteiger partial charge >= 0.3 is 0 Å². The molecule has 0 radical (unpaired) electrons. The first-order valence-electron chi connectivity index (χ1n) is 5.81. The minimum Gasteiger partial charge on any atom is -0.495 e. The van der Waals surface area contributed by atoms with Gasteiger partial charge in [0.2, 0.25) is 0 Å². The number of methoxy groups -OCH3 is 1. The maximum atomic E-state index is 13.7. The van der Waals surface area contributed by atoms with Crippen molar-refractivity contribution in [3.63, 3.8) is 0 Å². The third kappa shape index (κ3) is 3.30. The molecule has 0 saturated heterocycles. The summed E-state index contributed by atoms with van der Waals surface area (Å²) in [6.45, 7) is 0. The van der Waals surface area contributed by atoms with Crippen LogP contribution >= 0.6 is 15.9 Å². The third-order valence-corrected chi connectivity index (χ3v) is 3.18. The highest BCUT2D eigenvalue weighted by Gasteiger charge is 2.18. The summed E-state index contributed by atoms with van der Waals surface area (Å²) < 4.78 is 32.6. The van der Waals surface area contributed by atoms with Crippen molar-refractivity contribution in [2.24, 2.45) is 0 Å². The van der Waals surface area contributed by atoms with Crippen LogP contribution in [0, 0.1) is 11.6 Å². The van der Waals surface area contributed by atoms with Crippen LogP contribution in [0.25, 0.3) is 0 Å². The van der Waals surface area contributed by atoms with Crippen LogP contribution < -0.4 is 15.8 Å². The van der Waals surface area contributed by atoms with Gasteiger partial charge in [-0.05, 0) is 24.3 Å². The summed E-state index contributed by atoms with van der Waals surface area (Å²) >= 11 is 2.95. The van der Waals surface area contributed by atoms with Crippen LogP contribution in [-0.2, 0) is 0 Å². The van der Waals surface area contributed by atoms with Gasteiger partial charge in [-0.2, -0.15) is 0 Å². The van der Waals surface area contributed by atoms with Crippen LogP contribution in [0.4, 0.5) is 20.2 Å². The first kappa shape index (κ1) is 15.2. The second kappa shape index (κ2) is 6.09. The highest BCUT2D eigenvalue weighted by Crippen LogP contribution is 2.26. The SMILES string of the molecule is COc1cc(NC(=O)c2c(F)cc(Br)cc2F)ccc1N. The molecule has 0 bridgehead atoms. The van der Waals surface area contributed by atoms with Crippen molar-refractivity contribution in [1.82, 2.24) is 0 Å². The van der Waals surface area contributed by atoms with E-state index in [4.69, 9.17) is 10.5 Å². The molecule has 0 unspecified atom stereocenters. The fourth-order valence-electron chi connectivity index (χ4n) is 1.74. The Hall–Kier alpha value is -2.15. The van der Waals surface area contributed by atoms with Crippen molar-refractivity contribution >= 4 is 33.2 Å². The number of nitrogen functional groups attached to an aromatic ring is 1. The van der Waals surface area contributed by atoms with Gasteiger partial charge in [-0.15, -0.1) is 0 Å². The van der Waals surface area contributed by atoms with Crippen molar-refractivity contribution < 1.29 is 18.3 Å². The van der Waals surface area contributed by atoms with E-state index in [0.717, 1.165) is 12.1 Å². The largest absolute Gasteiger partial charge is 0.495 e. The number of amides is 1. The van der Waals surface area contributed by atoms with Gasteiger partial charge in [0.05, 0.1) is 12.8 Å². The van der Waals surface area contributed by atoms with Gasteiger partial charge < -0.3 is 15.8 Å². The summed E-state index contributed by atoms with van der Waals surface area (Å²) in [4.78, 5) is 12.0. The molecule has 1 amide bonds. The number of halogens is 3. The number of carbonyl (C=O) groups excluding carboxylic acids is 1. The fourth-order valence-corrected chi connectivity index (χ4v) is 2.14. The Balaban J connectivity index is 2.30. The third-order valence-electron chi connectivity index (χ3n) is 2.73. The van der Waals surface area contributed by atoms with Crippen molar-refractivity contribution in [3.8, 4) is 5.75 Å². The molecule has 2 aromatic rings. The molecule has 0 aliphatic heterocycles. The number of hydrogen-bond acceptors (Lipinski definition) is 3. The molecule has 0 fully saturated rings. The summed E-state index contributed by atoms with van der Waals surface area (Å²) in [7, 11) is 1.42. The molecule has 110 valence electrons. The Morgan fingerprint density at radius 3 is 2.43 bits per heavy atom. The van der Waals surface area contributed by atoms with E-state index in [1.807, 2.05) is 0 Å². The Bertz CT molecular complexity index is 684. The molecule has 0 atom stereocenters. The number of benzene rings is 2. The van der Waals surface area contributed by atoms with Gasteiger partial charge in [-0.25, -0.2) is 8.78 Å². The Labute approximate surface area is 128 Å². The molecule has 3 N–H and O–H groups in total. The number of rotatable bonds is 3. The number of nitrogens with two attached hydrogens (primary N) is 1. The maximum absolute atomic E-state index is 13.7. The number of anilines is 2. The Morgan fingerprint density at radius 2 is 1.86 bits per heavy atom. The predicted molar refractivity (Wildman–Crippen MR) is 79.4 cm³/mol. The van der Waals surface area contributed by atoms with E-state index in [0.29, 0.717) is 17.1 Å². The topological polar surface area (TPSA) is 64.3 Å². The predicted octanol–water partition coefficient (Wildman–Crippen LogP) is 3.57. The number of ether oxygens (including phenoxy) is 1. The van der Waals surface area contributed by atoms with Gasteiger partial charge in [0.25, 0.3) is 5.91 Å². The molecule has 0 aliphatic rings. The Kier molecular flexibility index (Phi) is 4.42. The zero-order valence-corrected chi connectivity index (χ0v) is 12.5. The van der Waals surface area contributed by atoms with Crippen LogP contribution in [0.1, 0.15) is 10.4 Å². The molecule has 0 heterocycles. The molecule has 7 heteroatoms. The quantitative estimate of drug-likeness (QED) is 0.826. The number of hydrogen-bond donors (Lipinski definition) is 2. The molecule has 0 aromatic heterocycles. The molecule has 0 saturated carbocycles. The molecule has 2 rings (SSSR count). The second-order valence-electron chi connectivity index (χ2n) is 4.16. The lowest BCUT2D eigenvalue weighted by Gasteiger charge is -2.10. The lowest BCUT2D eigenvalue weighted by molar-refractivity contribution is 0.101. The molecule has 4 nitrogen and oxygen atoms in total. The van der Waals surface area contributed by atoms with Gasteiger partial charge in [0.15, 0.2) is 0 Å². The highest BCUT2D eigenvalue weighted by atomic mass is 79.9. The number of carbonyl (C=O) groups is 1. The first-order valence-corrected chi connectivity index (χ1v) is 6.61. The van der Waals surface area contributed by atoms with Crippen molar-refractivity contribution in [2.75, 3.05) is 18.2 Å². The van der Waals surface area contributed by atoms with Crippen molar-refractivity contribution in [1.29, 1.82) is 0 Å². The van der Waals surface area contributed by atoms with E-state index >= 15 is 0 Å². The summed E-state index contributed by atoms with van der Waals surface area (Å²) in [6.07, 6.45) is 0. The van der Waals surface area contributed by atoms with Crippen LogP contribution in [0.2, 0.25) is 0 Å². The monoisotopic (exact) mass is 356 g/mol. The zero-order valence-electron chi connectivity index (χ0n) is 10.9. The van der Waals surface area contributed by atoms with Crippen LogP contribution in [0.15, 0.2) is 34.8 Å². The summed E-state index contributed by atoms with van der Waals surface area (Å²) in [5, 5.41) is 2.39. The molecule has 0 aliphatic carbocycles. The normalized spacial score (nSPS) is 10.3. The van der Waals surface area contributed by atoms with E-state index in [9.17, 15) is 13.6 Å². The zero-order chi connectivity index (χ0) is 15.6. The summed E-state index contributed by atoms with van der Waals surface area (Å²) in [6, 6.07) is 6.51. The second-order valence-corrected chi connectivity index (χ2v) is 5.07. The highest BCUT2D eigenvalue weighted by molar-refractivity contribution is 9.10. The molecular formula is C14H11BrF2N2O2. The van der Waals surface area contributed by atoms with E-state index < -0.39 is 23.1 Å². The lowest BCUT2D eigenvalue weighted by atomic mass is 10.1. The van der Waals surface area contributed by atoms with Crippen LogP contribution in [-0.4, -0.2) is 13.0 Å². The van der Waals surface area contributed by atoms with E-state index in [1.54, 1.807) is 0 Å². The minimum atomic E-state index is -0.957. The summed E-state index contributed by atoms with van der Waals surface area (Å²) in [5.41, 5.74) is 5.68. The van der Waals surface area contributed by atoms with Crippen molar-refractivity contribution in [3.05, 3.63) is 52.0 Å². The average molecular weight is 357 g/mol. The van der Waals surface area contributed by atoms with Crippen molar-refractivity contribution in [2.45, 2.75) is 0 Å². The number of nitrogens with one attached hydrogen (secondary N) is 1. The van der Waals surface area contributed by atoms with Crippen LogP contribution in [0.3, 0.4) is 0 Å². The smallest absolute Gasteiger partial charge is 0.261 e. The summed E-state index contributed by atoms with van der Waals surface area (Å²) in [5.74, 6) is -2.46. The minimum absolute atomic E-state index is 0.211. The van der Waals surface area contributed by atoms with E-state index in [1.165, 1.54) is 25.3 Å². The molecule has 0 spiro atoms.